The summed E-state index contributed by atoms with van der Waals surface area (Å²) in [5.41, 5.74) is 2.90. The molecule has 0 heterocycles. The van der Waals surface area contributed by atoms with Crippen LogP contribution in [-0.2, 0) is 21.7 Å². The second-order valence-corrected chi connectivity index (χ2v) is 14.4. The van der Waals surface area contributed by atoms with Crippen molar-refractivity contribution >= 4 is 23.2 Å². The van der Waals surface area contributed by atoms with E-state index in [1.807, 2.05) is 125 Å². The Morgan fingerprint density at radius 2 is 0.902 bits per heavy atom. The van der Waals surface area contributed by atoms with Crippen LogP contribution in [0, 0.1) is 61.1 Å². The fraction of sp³-hybridized carbons (Fsp3) is 0.280. The standard InChI is InChI=1S/2C20H22F2NO2.2C5H5.Ti/c2*1-14-5-7-16(8-6-14)20(25)23(13-15(2)4-3-11-24)19-10-9-17(21)12-18(19)22;2*1-2-4-5-3-1;/h2*5-10,15,24H,3-4,11,13H2,1-2H3;2*1-5H;/q4*-1;+4. The van der Waals surface area contributed by atoms with Gasteiger partial charge in [0.05, 0.1) is 0 Å². The van der Waals surface area contributed by atoms with Crippen molar-refractivity contribution in [2.24, 2.45) is 11.8 Å². The van der Waals surface area contributed by atoms with Gasteiger partial charge in [-0.1, -0.05) is 49.2 Å². The SMILES string of the molecule is Cc1ccc(C(=O)N(CC(C)CCCO)c2ccc(F)[c-]c2F)cc1.Cc1ccc(C(=O)N(CC(C)CCCO)c2ccc(F)[c-]c2F)cc1.[Ti+4].c1cc[cH-]c1.c1cc[cH-]c1. The van der Waals surface area contributed by atoms with Gasteiger partial charge >= 0.3 is 21.7 Å². The van der Waals surface area contributed by atoms with Crippen LogP contribution >= 0.6 is 0 Å². The molecule has 0 saturated carbocycles. The van der Waals surface area contributed by atoms with Crippen LogP contribution in [0.1, 0.15) is 71.4 Å². The number of amides is 2. The maximum Gasteiger partial charge on any atom is 4.00 e. The van der Waals surface area contributed by atoms with Gasteiger partial charge in [-0.3, -0.25) is 9.59 Å². The molecular formula is C50H54F4N2O4Ti. The van der Waals surface area contributed by atoms with Crippen molar-refractivity contribution in [2.75, 3.05) is 36.1 Å². The molecule has 2 atom stereocenters. The van der Waals surface area contributed by atoms with Crippen LogP contribution in [0.15, 0.2) is 133 Å². The average Bonchev–Trinajstić information content (AvgIpc) is 4.03. The molecule has 0 aromatic heterocycles. The zero-order valence-corrected chi connectivity index (χ0v) is 36.7. The number of aryl methyl sites for hydroxylation is 2. The molecule has 0 spiro atoms. The molecule has 2 amide bonds. The van der Waals surface area contributed by atoms with Crippen LogP contribution in [0.5, 0.6) is 0 Å². The van der Waals surface area contributed by atoms with E-state index in [-0.39, 0.29) is 83.0 Å². The molecule has 6 aromatic carbocycles. The Balaban J connectivity index is 0.000000335. The van der Waals surface area contributed by atoms with Crippen LogP contribution in [0.25, 0.3) is 0 Å². The molecule has 320 valence electrons. The van der Waals surface area contributed by atoms with E-state index in [0.29, 0.717) is 36.8 Å². The van der Waals surface area contributed by atoms with Crippen LogP contribution in [0.2, 0.25) is 0 Å². The quantitative estimate of drug-likeness (QED) is 0.0649. The van der Waals surface area contributed by atoms with E-state index in [1.54, 1.807) is 24.3 Å². The Morgan fingerprint density at radius 3 is 1.16 bits per heavy atom. The van der Waals surface area contributed by atoms with E-state index in [4.69, 9.17) is 10.2 Å². The van der Waals surface area contributed by atoms with E-state index >= 15 is 0 Å². The Morgan fingerprint density at radius 1 is 0.574 bits per heavy atom. The Hall–Kier alpha value is -5.13. The maximum absolute atomic E-state index is 14.2. The van der Waals surface area contributed by atoms with Crippen LogP contribution in [0.4, 0.5) is 28.9 Å². The zero-order valence-electron chi connectivity index (χ0n) is 35.1. The van der Waals surface area contributed by atoms with E-state index in [1.165, 1.54) is 21.9 Å². The summed E-state index contributed by atoms with van der Waals surface area (Å²) in [6.07, 6.45) is 2.60. The fourth-order valence-electron chi connectivity index (χ4n) is 5.90. The average molecular weight is 871 g/mol. The largest absolute Gasteiger partial charge is 4.00 e. The molecule has 2 N–H and O–H groups in total. The van der Waals surface area contributed by atoms with Gasteiger partial charge in [-0.2, -0.15) is 36.4 Å². The van der Waals surface area contributed by atoms with E-state index < -0.39 is 23.3 Å². The van der Waals surface area contributed by atoms with Crippen molar-refractivity contribution in [1.82, 2.24) is 0 Å². The van der Waals surface area contributed by atoms with Gasteiger partial charge in [0.2, 0.25) is 11.8 Å². The van der Waals surface area contributed by atoms with Crippen molar-refractivity contribution < 1.29 is 59.1 Å². The molecule has 0 aliphatic carbocycles. The Kier molecular flexibility index (Phi) is 24.2. The first-order valence-corrected chi connectivity index (χ1v) is 19.9. The number of benzene rings is 4. The van der Waals surface area contributed by atoms with E-state index in [9.17, 15) is 27.2 Å². The molecule has 61 heavy (non-hydrogen) atoms. The van der Waals surface area contributed by atoms with Crippen LogP contribution < -0.4 is 9.80 Å². The normalized spacial score (nSPS) is 11.2. The smallest absolute Gasteiger partial charge is 0.396 e. The number of hydrogen-bond acceptors (Lipinski definition) is 4. The first-order valence-electron chi connectivity index (χ1n) is 19.9. The predicted octanol–water partition coefficient (Wildman–Crippen LogP) is 11.1. The van der Waals surface area contributed by atoms with E-state index in [0.717, 1.165) is 23.3 Å². The molecule has 6 nitrogen and oxygen atoms in total. The molecule has 6 rings (SSSR count). The van der Waals surface area contributed by atoms with Gasteiger partial charge in [0.25, 0.3) is 0 Å². The molecule has 0 aliphatic rings. The summed E-state index contributed by atoms with van der Waals surface area (Å²) in [6, 6.07) is 42.7. The predicted molar refractivity (Wildman–Crippen MR) is 231 cm³/mol. The summed E-state index contributed by atoms with van der Waals surface area (Å²) in [4.78, 5) is 28.4. The van der Waals surface area contributed by atoms with Crippen LogP contribution in [-0.4, -0.2) is 48.3 Å². The third-order valence-electron chi connectivity index (χ3n) is 9.16. The molecular weight excluding hydrogens is 816 g/mol. The minimum absolute atomic E-state index is 0. The second kappa shape index (κ2) is 28.4. The number of carbonyl (C=O) groups is 2. The summed E-state index contributed by atoms with van der Waals surface area (Å²) in [5.74, 6) is -4.01. The minimum atomic E-state index is -0.894. The van der Waals surface area contributed by atoms with Gasteiger partial charge in [0.15, 0.2) is 0 Å². The monoisotopic (exact) mass is 870 g/mol. The summed E-state index contributed by atoms with van der Waals surface area (Å²) in [7, 11) is 0. The van der Waals surface area contributed by atoms with Gasteiger partial charge in [0.1, 0.15) is 0 Å². The number of nitrogens with zero attached hydrogens (tertiary/aromatic N) is 2. The summed E-state index contributed by atoms with van der Waals surface area (Å²) < 4.78 is 54.8. The Labute approximate surface area is 373 Å². The zero-order chi connectivity index (χ0) is 43.9. The summed E-state index contributed by atoms with van der Waals surface area (Å²) in [5, 5.41) is 17.9. The Bertz CT molecular complexity index is 1910. The molecule has 0 fully saturated rings. The molecule has 0 saturated heterocycles. The molecule has 0 bridgehead atoms. The fourth-order valence-corrected chi connectivity index (χ4v) is 5.90. The van der Waals surface area contributed by atoms with Crippen molar-refractivity contribution in [2.45, 2.75) is 53.4 Å². The van der Waals surface area contributed by atoms with Crippen molar-refractivity contribution in [3.63, 3.8) is 0 Å². The van der Waals surface area contributed by atoms with Crippen LogP contribution in [0.3, 0.4) is 0 Å². The third-order valence-corrected chi connectivity index (χ3v) is 9.16. The molecule has 11 heteroatoms. The third kappa shape index (κ3) is 18.6. The van der Waals surface area contributed by atoms with Gasteiger partial charge in [0, 0.05) is 60.7 Å². The van der Waals surface area contributed by atoms with Crippen molar-refractivity contribution in [1.29, 1.82) is 0 Å². The van der Waals surface area contributed by atoms with Crippen molar-refractivity contribution in [3.8, 4) is 0 Å². The van der Waals surface area contributed by atoms with Crippen molar-refractivity contribution in [3.05, 3.63) is 191 Å². The molecule has 2 unspecified atom stereocenters. The number of anilines is 2. The first kappa shape index (κ1) is 52.0. The number of carbonyl (C=O) groups excluding carboxylic acids is 2. The maximum atomic E-state index is 14.2. The summed E-state index contributed by atoms with van der Waals surface area (Å²) in [6.45, 7) is 8.34. The number of aliphatic hydroxyl groups is 2. The second-order valence-electron chi connectivity index (χ2n) is 14.4. The topological polar surface area (TPSA) is 81.1 Å². The number of hydrogen-bond donors (Lipinski definition) is 2. The molecule has 0 radical (unpaired) electrons. The number of rotatable bonds is 14. The summed E-state index contributed by atoms with van der Waals surface area (Å²) >= 11 is 0. The number of aliphatic hydroxyl groups excluding tert-OH is 2. The minimum Gasteiger partial charge on any atom is -0.396 e. The van der Waals surface area contributed by atoms with Gasteiger partial charge < -0.3 is 20.0 Å². The van der Waals surface area contributed by atoms with Gasteiger partial charge in [-0.05, 0) is 87.0 Å². The van der Waals surface area contributed by atoms with Gasteiger partial charge in [-0.25, -0.2) is 41.8 Å². The molecule has 6 aromatic rings. The van der Waals surface area contributed by atoms with E-state index in [2.05, 4.69) is 0 Å². The van der Waals surface area contributed by atoms with Gasteiger partial charge in [-0.15, -0.1) is 36.4 Å². The molecule has 0 aliphatic heterocycles. The number of halogens is 4. The first-order chi connectivity index (χ1) is 28.8.